The molecule has 1 aromatic heterocycles. The highest BCUT2D eigenvalue weighted by Crippen LogP contribution is 2.09. The fourth-order valence-electron chi connectivity index (χ4n) is 3.76. The summed E-state index contributed by atoms with van der Waals surface area (Å²) >= 11 is 0. The average molecular weight is 436 g/mol. The third-order valence-electron chi connectivity index (χ3n) is 5.45. The molecule has 0 bridgehead atoms. The molecule has 0 radical (unpaired) electrons. The van der Waals surface area contributed by atoms with Crippen molar-refractivity contribution in [2.75, 3.05) is 45.8 Å². The molecule has 2 heterocycles. The van der Waals surface area contributed by atoms with Crippen LogP contribution >= 0.6 is 0 Å². The van der Waals surface area contributed by atoms with Gasteiger partial charge in [-0.2, -0.15) is 0 Å². The van der Waals surface area contributed by atoms with Crippen molar-refractivity contribution in [3.8, 4) is 0 Å². The van der Waals surface area contributed by atoms with E-state index in [1.807, 2.05) is 23.1 Å². The zero-order valence-electron chi connectivity index (χ0n) is 19.1. The number of amides is 2. The van der Waals surface area contributed by atoms with Gasteiger partial charge in [-0.05, 0) is 11.5 Å². The average Bonchev–Trinajstić information content (AvgIpc) is 2.82. The molecule has 2 aromatic rings. The van der Waals surface area contributed by atoms with Crippen molar-refractivity contribution < 1.29 is 9.59 Å². The first-order valence-corrected chi connectivity index (χ1v) is 11.3. The second-order valence-electron chi connectivity index (χ2n) is 8.48. The first-order chi connectivity index (χ1) is 15.5. The molecule has 0 aliphatic carbocycles. The van der Waals surface area contributed by atoms with Gasteiger partial charge in [-0.3, -0.25) is 19.5 Å². The van der Waals surface area contributed by atoms with Crippen LogP contribution in [-0.2, 0) is 4.79 Å². The number of rotatable bonds is 9. The van der Waals surface area contributed by atoms with Gasteiger partial charge in [-0.15, -0.1) is 0 Å². The minimum atomic E-state index is -0.172. The molecular weight excluding hydrogens is 402 g/mol. The Morgan fingerprint density at radius 3 is 2.50 bits per heavy atom. The Morgan fingerprint density at radius 1 is 1.09 bits per heavy atom. The maximum atomic E-state index is 12.8. The first kappa shape index (κ1) is 23.6. The summed E-state index contributed by atoms with van der Waals surface area (Å²) in [5.41, 5.74) is 1.51. The van der Waals surface area contributed by atoms with E-state index in [2.05, 4.69) is 53.0 Å². The van der Waals surface area contributed by atoms with E-state index in [0.717, 1.165) is 32.7 Å². The van der Waals surface area contributed by atoms with Crippen LogP contribution in [0, 0.1) is 5.92 Å². The quantitative estimate of drug-likeness (QED) is 0.606. The van der Waals surface area contributed by atoms with Crippen molar-refractivity contribution in [3.05, 3.63) is 66.3 Å². The summed E-state index contributed by atoms with van der Waals surface area (Å²) in [4.78, 5) is 39.7. The van der Waals surface area contributed by atoms with E-state index in [1.54, 1.807) is 11.1 Å². The van der Waals surface area contributed by atoms with E-state index in [1.165, 1.54) is 18.0 Å². The van der Waals surface area contributed by atoms with E-state index in [0.29, 0.717) is 31.1 Å². The minimum Gasteiger partial charge on any atom is -0.340 e. The lowest BCUT2D eigenvalue weighted by Gasteiger charge is -2.34. The van der Waals surface area contributed by atoms with E-state index in [4.69, 9.17) is 0 Å². The molecule has 7 heteroatoms. The maximum Gasteiger partial charge on any atom is 0.274 e. The van der Waals surface area contributed by atoms with Gasteiger partial charge < -0.3 is 9.80 Å². The third kappa shape index (κ3) is 7.27. The highest BCUT2D eigenvalue weighted by Gasteiger charge is 2.23. The Kier molecular flexibility index (Phi) is 8.92. The molecule has 1 saturated heterocycles. The molecule has 2 amide bonds. The standard InChI is InChI=1S/C25H33N5O2/c1-21(2)20-30(25(32)23-19-26-11-12-27-23)14-10-24(31)29-17-15-28(16-18-29)13-6-9-22-7-4-3-5-8-22/h3-9,11-12,19,21H,10,13-18,20H2,1-2H3. The lowest BCUT2D eigenvalue weighted by Crippen LogP contribution is -2.49. The third-order valence-corrected chi connectivity index (χ3v) is 5.45. The molecule has 0 spiro atoms. The number of aromatic nitrogens is 2. The monoisotopic (exact) mass is 435 g/mol. The van der Waals surface area contributed by atoms with Crippen LogP contribution in [-0.4, -0.2) is 82.3 Å². The topological polar surface area (TPSA) is 69.6 Å². The number of hydrogen-bond donors (Lipinski definition) is 0. The summed E-state index contributed by atoms with van der Waals surface area (Å²) < 4.78 is 0. The molecule has 170 valence electrons. The van der Waals surface area contributed by atoms with Gasteiger partial charge >= 0.3 is 0 Å². The number of benzene rings is 1. The molecule has 1 aliphatic rings. The van der Waals surface area contributed by atoms with E-state index >= 15 is 0 Å². The zero-order valence-corrected chi connectivity index (χ0v) is 19.1. The lowest BCUT2D eigenvalue weighted by molar-refractivity contribution is -0.133. The summed E-state index contributed by atoms with van der Waals surface area (Å²) in [6.07, 6.45) is 9.17. The Balaban J connectivity index is 1.45. The Hall–Kier alpha value is -3.06. The van der Waals surface area contributed by atoms with Crippen molar-refractivity contribution >= 4 is 17.9 Å². The fraction of sp³-hybridized carbons (Fsp3) is 0.440. The van der Waals surface area contributed by atoms with Crippen LogP contribution in [0.25, 0.3) is 6.08 Å². The van der Waals surface area contributed by atoms with Crippen molar-refractivity contribution in [1.82, 2.24) is 24.7 Å². The van der Waals surface area contributed by atoms with E-state index in [9.17, 15) is 9.59 Å². The highest BCUT2D eigenvalue weighted by molar-refractivity contribution is 5.92. The van der Waals surface area contributed by atoms with Crippen molar-refractivity contribution in [3.63, 3.8) is 0 Å². The second kappa shape index (κ2) is 12.1. The molecule has 32 heavy (non-hydrogen) atoms. The lowest BCUT2D eigenvalue weighted by atomic mass is 10.2. The molecule has 3 rings (SSSR count). The van der Waals surface area contributed by atoms with Gasteiger partial charge in [0.2, 0.25) is 5.91 Å². The predicted molar refractivity (Wildman–Crippen MR) is 126 cm³/mol. The van der Waals surface area contributed by atoms with Crippen LogP contribution in [0.2, 0.25) is 0 Å². The van der Waals surface area contributed by atoms with Gasteiger partial charge in [0.15, 0.2) is 0 Å². The van der Waals surface area contributed by atoms with Crippen LogP contribution in [0.5, 0.6) is 0 Å². The molecular formula is C25H33N5O2. The summed E-state index contributed by atoms with van der Waals surface area (Å²) in [5.74, 6) is 0.234. The van der Waals surface area contributed by atoms with Crippen LogP contribution < -0.4 is 0 Å². The predicted octanol–water partition coefficient (Wildman–Crippen LogP) is 2.82. The largest absolute Gasteiger partial charge is 0.340 e. The fourth-order valence-corrected chi connectivity index (χ4v) is 3.76. The van der Waals surface area contributed by atoms with Crippen molar-refractivity contribution in [2.24, 2.45) is 5.92 Å². The highest BCUT2D eigenvalue weighted by atomic mass is 16.2. The molecule has 0 saturated carbocycles. The van der Waals surface area contributed by atoms with Gasteiger partial charge in [0.1, 0.15) is 5.69 Å². The molecule has 0 N–H and O–H groups in total. The number of piperazine rings is 1. The van der Waals surface area contributed by atoms with Crippen LogP contribution in [0.4, 0.5) is 0 Å². The van der Waals surface area contributed by atoms with Gasteiger partial charge in [-0.1, -0.05) is 56.3 Å². The van der Waals surface area contributed by atoms with Crippen molar-refractivity contribution in [1.29, 1.82) is 0 Å². The Bertz CT molecular complexity index is 878. The Labute approximate surface area is 190 Å². The molecule has 0 atom stereocenters. The zero-order chi connectivity index (χ0) is 22.8. The normalized spacial score (nSPS) is 14.8. The number of carbonyl (C=O) groups is 2. The van der Waals surface area contributed by atoms with Gasteiger partial charge in [0, 0.05) is 64.6 Å². The maximum absolute atomic E-state index is 12.8. The smallest absolute Gasteiger partial charge is 0.274 e. The Morgan fingerprint density at radius 2 is 1.84 bits per heavy atom. The first-order valence-electron chi connectivity index (χ1n) is 11.3. The number of hydrogen-bond acceptors (Lipinski definition) is 5. The summed E-state index contributed by atoms with van der Waals surface area (Å²) in [6.45, 7) is 9.15. The molecule has 1 aromatic carbocycles. The minimum absolute atomic E-state index is 0.102. The SMILES string of the molecule is CC(C)CN(CCC(=O)N1CCN(CC=Cc2ccccc2)CC1)C(=O)c1cnccn1. The van der Waals surface area contributed by atoms with Gasteiger partial charge in [0.05, 0.1) is 6.20 Å². The number of nitrogens with zero attached hydrogens (tertiary/aromatic N) is 5. The van der Waals surface area contributed by atoms with E-state index in [-0.39, 0.29) is 11.8 Å². The van der Waals surface area contributed by atoms with Crippen LogP contribution in [0.15, 0.2) is 55.0 Å². The van der Waals surface area contributed by atoms with Crippen LogP contribution in [0.1, 0.15) is 36.3 Å². The summed E-state index contributed by atoms with van der Waals surface area (Å²) in [7, 11) is 0. The van der Waals surface area contributed by atoms with Crippen molar-refractivity contribution in [2.45, 2.75) is 20.3 Å². The molecule has 1 fully saturated rings. The number of carbonyl (C=O) groups excluding carboxylic acids is 2. The second-order valence-corrected chi connectivity index (χ2v) is 8.48. The van der Waals surface area contributed by atoms with E-state index < -0.39 is 0 Å². The molecule has 7 nitrogen and oxygen atoms in total. The van der Waals surface area contributed by atoms with Crippen LogP contribution in [0.3, 0.4) is 0 Å². The summed E-state index contributed by atoms with van der Waals surface area (Å²) in [6, 6.07) is 10.3. The van der Waals surface area contributed by atoms with Gasteiger partial charge in [0.25, 0.3) is 5.91 Å². The molecule has 0 unspecified atom stereocenters. The summed E-state index contributed by atoms with van der Waals surface area (Å²) in [5, 5.41) is 0. The molecule has 1 aliphatic heterocycles. The van der Waals surface area contributed by atoms with Gasteiger partial charge in [-0.25, -0.2) is 4.98 Å².